The van der Waals surface area contributed by atoms with Crippen molar-refractivity contribution in [3.8, 4) is 11.5 Å². The largest absolute Gasteiger partial charge is 0.507 e. The number of benzene rings is 2. The Kier molecular flexibility index (Phi) is 8.07. The molecule has 1 heterocycles. The van der Waals surface area contributed by atoms with Crippen molar-refractivity contribution in [2.45, 2.75) is 69.4 Å². The molecule has 0 saturated carbocycles. The van der Waals surface area contributed by atoms with Gasteiger partial charge in [-0.05, 0) is 13.8 Å². The van der Waals surface area contributed by atoms with Gasteiger partial charge < -0.3 is 41.1 Å². The van der Waals surface area contributed by atoms with Crippen molar-refractivity contribution in [3.05, 3.63) is 57.6 Å². The van der Waals surface area contributed by atoms with Gasteiger partial charge in [-0.2, -0.15) is 0 Å². The van der Waals surface area contributed by atoms with E-state index in [1.54, 1.807) is 19.1 Å². The number of nitrogens with two attached hydrogens (primary N) is 1. The summed E-state index contributed by atoms with van der Waals surface area (Å²) in [6.07, 6.45) is -4.38. The van der Waals surface area contributed by atoms with Gasteiger partial charge in [-0.25, -0.2) is 0 Å². The Labute approximate surface area is 223 Å². The van der Waals surface area contributed by atoms with E-state index >= 15 is 0 Å². The Bertz CT molecular complexity index is 1300. The van der Waals surface area contributed by atoms with Gasteiger partial charge in [0.25, 0.3) is 0 Å². The lowest BCUT2D eigenvalue weighted by Gasteiger charge is -2.42. The lowest BCUT2D eigenvalue weighted by Crippen LogP contribution is -2.52. The molecule has 206 valence electrons. The highest BCUT2D eigenvalue weighted by molar-refractivity contribution is 6.30. The van der Waals surface area contributed by atoms with Crippen LogP contribution < -0.4 is 5.73 Å². The zero-order valence-electron chi connectivity index (χ0n) is 20.6. The minimum absolute atomic E-state index is 0. The molecule has 1 saturated heterocycles. The second-order valence-corrected chi connectivity index (χ2v) is 9.80. The van der Waals surface area contributed by atoms with Crippen LogP contribution in [0.4, 0.5) is 0 Å². The molecule has 0 unspecified atom stereocenters. The number of hydrogen-bond acceptors (Lipinski definition) is 10. The fourth-order valence-electron chi connectivity index (χ4n) is 5.42. The van der Waals surface area contributed by atoms with E-state index in [1.807, 2.05) is 0 Å². The minimum atomic E-state index is -1.97. The Hall–Kier alpha value is -2.90. The molecule has 6 atom stereocenters. The minimum Gasteiger partial charge on any atom is -0.507 e. The number of fused-ring (bicyclic) bond motifs is 3. The van der Waals surface area contributed by atoms with E-state index in [0.717, 1.165) is 0 Å². The van der Waals surface area contributed by atoms with Crippen LogP contribution in [0.1, 0.15) is 75.8 Å². The van der Waals surface area contributed by atoms with Gasteiger partial charge in [-0.15, -0.1) is 12.4 Å². The Balaban J connectivity index is 0.00000200. The highest BCUT2D eigenvalue weighted by Gasteiger charge is 2.49. The summed E-state index contributed by atoms with van der Waals surface area (Å²) in [6.45, 7) is 2.80. The number of aliphatic hydroxyl groups is 2. The van der Waals surface area contributed by atoms with Crippen LogP contribution >= 0.6 is 12.4 Å². The molecule has 0 aromatic heterocycles. The number of aliphatic hydroxyl groups excluding tert-OH is 1. The number of rotatable bonds is 3. The molecular weight excluding hydrogens is 522 g/mol. The van der Waals surface area contributed by atoms with Crippen molar-refractivity contribution in [1.29, 1.82) is 0 Å². The third-order valence-electron chi connectivity index (χ3n) is 7.50. The topological polar surface area (TPSA) is 208 Å². The number of aromatic hydroxyl groups is 2. The predicted molar refractivity (Wildman–Crippen MR) is 135 cm³/mol. The third-order valence-corrected chi connectivity index (χ3v) is 7.50. The summed E-state index contributed by atoms with van der Waals surface area (Å²) in [5.74, 6) is -3.06. The van der Waals surface area contributed by atoms with E-state index in [4.69, 9.17) is 15.2 Å². The number of carbonyl (C=O) groups excluding carboxylic acids is 3. The van der Waals surface area contributed by atoms with Crippen molar-refractivity contribution < 1.29 is 49.8 Å². The molecular formula is C26H30ClNO10. The van der Waals surface area contributed by atoms with Crippen molar-refractivity contribution in [3.63, 3.8) is 0 Å². The standard InChI is InChI=1S/C26H27NO9.ClH.H2O/c1-10-21(29)15(27)7-17(35-10)36-16-9-26(34,11(2)28)8-14-18(16)25(33)20-19(24(14)32)22(30)12-5-3-4-6-13(12)23(20)31;;/h3-6,10,15-17,21,29,32-34H,7-9,27H2,1-2H3;1H;1H2/t10-,15-,16-,17-,21+,26-;;/m0../s1. The molecule has 2 aromatic rings. The van der Waals surface area contributed by atoms with E-state index in [9.17, 15) is 34.8 Å². The number of Topliss-reactive ketones (excluding diaryl/α,β-unsaturated/α-hetero) is 1. The second kappa shape index (κ2) is 10.3. The average molecular weight is 552 g/mol. The Morgan fingerprint density at radius 2 is 1.66 bits per heavy atom. The smallest absolute Gasteiger partial charge is 0.198 e. The maximum absolute atomic E-state index is 13.3. The van der Waals surface area contributed by atoms with Crippen molar-refractivity contribution in [2.75, 3.05) is 0 Å². The maximum Gasteiger partial charge on any atom is 0.198 e. The zero-order chi connectivity index (χ0) is 26.1. The van der Waals surface area contributed by atoms with Crippen molar-refractivity contribution in [1.82, 2.24) is 0 Å². The van der Waals surface area contributed by atoms with E-state index in [0.29, 0.717) is 0 Å². The second-order valence-electron chi connectivity index (χ2n) is 9.80. The molecule has 0 bridgehead atoms. The van der Waals surface area contributed by atoms with Crippen LogP contribution in [0.5, 0.6) is 11.5 Å². The molecule has 0 radical (unpaired) electrons. The van der Waals surface area contributed by atoms with E-state index in [1.165, 1.54) is 19.1 Å². The summed E-state index contributed by atoms with van der Waals surface area (Å²) in [6, 6.07) is 5.40. The summed E-state index contributed by atoms with van der Waals surface area (Å²) in [7, 11) is 0. The first-order valence-electron chi connectivity index (χ1n) is 11.7. The van der Waals surface area contributed by atoms with Gasteiger partial charge in [0, 0.05) is 47.6 Å². The number of phenolic OH excluding ortho intramolecular Hbond substituents is 2. The van der Waals surface area contributed by atoms with Crippen LogP contribution in [0.3, 0.4) is 0 Å². The number of carbonyl (C=O) groups is 3. The van der Waals surface area contributed by atoms with E-state index in [2.05, 4.69) is 0 Å². The van der Waals surface area contributed by atoms with Crippen molar-refractivity contribution >= 4 is 29.8 Å². The number of halogens is 1. The third kappa shape index (κ3) is 4.39. The van der Waals surface area contributed by atoms with Crippen LogP contribution in [-0.2, 0) is 20.7 Å². The number of hydrogen-bond donors (Lipinski definition) is 5. The zero-order valence-corrected chi connectivity index (χ0v) is 21.4. The number of ketones is 3. The Morgan fingerprint density at radius 1 is 1.11 bits per heavy atom. The van der Waals surface area contributed by atoms with Crippen LogP contribution in [0.15, 0.2) is 24.3 Å². The quantitative estimate of drug-likeness (QED) is 0.286. The van der Waals surface area contributed by atoms with Gasteiger partial charge >= 0.3 is 0 Å². The highest BCUT2D eigenvalue weighted by Crippen LogP contribution is 2.51. The highest BCUT2D eigenvalue weighted by atomic mass is 35.5. The lowest BCUT2D eigenvalue weighted by atomic mass is 9.72. The molecule has 11 nitrogen and oxygen atoms in total. The first-order chi connectivity index (χ1) is 16.9. The van der Waals surface area contributed by atoms with Gasteiger partial charge in [0.05, 0.1) is 29.4 Å². The fraction of sp³-hybridized carbons (Fsp3) is 0.423. The molecule has 0 spiro atoms. The van der Waals surface area contributed by atoms with Gasteiger partial charge in [0.15, 0.2) is 23.6 Å². The summed E-state index contributed by atoms with van der Waals surface area (Å²) in [5, 5.41) is 43.8. The first kappa shape index (κ1) is 29.7. The van der Waals surface area contributed by atoms with Crippen LogP contribution in [0.25, 0.3) is 0 Å². The summed E-state index contributed by atoms with van der Waals surface area (Å²) >= 11 is 0. The fourth-order valence-corrected chi connectivity index (χ4v) is 5.42. The van der Waals surface area contributed by atoms with Gasteiger partial charge in [0.2, 0.25) is 0 Å². The normalized spacial score (nSPS) is 29.8. The van der Waals surface area contributed by atoms with Gasteiger partial charge in [-0.1, -0.05) is 24.3 Å². The average Bonchev–Trinajstić information content (AvgIpc) is 2.82. The molecule has 8 N–H and O–H groups in total. The molecule has 12 heteroatoms. The number of phenols is 2. The molecule has 2 aromatic carbocycles. The monoisotopic (exact) mass is 551 g/mol. The molecule has 0 amide bonds. The molecule has 3 aliphatic rings. The molecule has 5 rings (SSSR count). The summed E-state index contributed by atoms with van der Waals surface area (Å²) < 4.78 is 11.8. The first-order valence-corrected chi connectivity index (χ1v) is 11.7. The lowest BCUT2D eigenvalue weighted by molar-refractivity contribution is -0.247. The summed E-state index contributed by atoms with van der Waals surface area (Å²) in [4.78, 5) is 39.0. The van der Waals surface area contributed by atoms with E-state index < -0.39 is 71.5 Å². The maximum atomic E-state index is 13.3. The molecule has 1 fully saturated rings. The predicted octanol–water partition coefficient (Wildman–Crippen LogP) is 0.617. The van der Waals surface area contributed by atoms with Gasteiger partial charge in [-0.3, -0.25) is 14.4 Å². The number of ether oxygens (including phenoxy) is 2. The van der Waals surface area contributed by atoms with Crippen LogP contribution in [0, 0.1) is 0 Å². The SMILES string of the molecule is CC(=O)[C@]1(O)Cc2c(O)c3c(c(O)c2[C@@H](O[C@H]2C[C@H](N)[C@H](O)[C@H](C)O2)C1)C(=O)c1ccccc1C3=O.Cl.O. The van der Waals surface area contributed by atoms with Crippen LogP contribution in [-0.4, -0.2) is 73.4 Å². The van der Waals surface area contributed by atoms with Crippen molar-refractivity contribution in [2.24, 2.45) is 5.73 Å². The molecule has 2 aliphatic carbocycles. The molecule has 1 aliphatic heterocycles. The Morgan fingerprint density at radius 3 is 2.18 bits per heavy atom. The van der Waals surface area contributed by atoms with Crippen LogP contribution in [0.2, 0.25) is 0 Å². The van der Waals surface area contributed by atoms with E-state index in [-0.39, 0.29) is 64.1 Å². The summed E-state index contributed by atoms with van der Waals surface area (Å²) in [5.41, 5.74) is 3.38. The molecule has 38 heavy (non-hydrogen) atoms. The van der Waals surface area contributed by atoms with Gasteiger partial charge in [0.1, 0.15) is 17.1 Å².